The van der Waals surface area contributed by atoms with E-state index in [4.69, 9.17) is 19.7 Å². The van der Waals surface area contributed by atoms with Crippen LogP contribution in [0.15, 0.2) is 170 Å². The molecule has 0 saturated carbocycles. The van der Waals surface area contributed by atoms with E-state index in [1.165, 1.54) is 0 Å². The highest BCUT2D eigenvalue weighted by atomic mass is 31.2. The van der Waals surface area contributed by atoms with Crippen LogP contribution in [-0.2, 0) is 4.57 Å². The van der Waals surface area contributed by atoms with Crippen molar-refractivity contribution in [1.82, 2.24) is 15.0 Å². The van der Waals surface area contributed by atoms with Crippen LogP contribution in [0, 0.1) is 0 Å². The predicted molar refractivity (Wildman–Crippen MR) is 182 cm³/mol. The Kier molecular flexibility index (Phi) is 7.84. The van der Waals surface area contributed by atoms with Crippen molar-refractivity contribution in [2.75, 3.05) is 0 Å². The standard InChI is InChI=1S/C39H28N3O2P/c43-45(34-17-9-3-10-18-34,35-19-11-4-12-20-35)36-27-25-33(26-28-36)44-32-23-21-31(22-24-32)39-41-37(29-13-5-1-6-14-29)40-38(42-39)30-15-7-2-8-16-30/h1-28H. The molecule has 0 atom stereocenters. The fourth-order valence-electron chi connectivity index (χ4n) is 5.19. The second-order valence-electron chi connectivity index (χ2n) is 10.4. The number of hydrogen-bond acceptors (Lipinski definition) is 5. The highest BCUT2D eigenvalue weighted by molar-refractivity contribution is 7.85. The summed E-state index contributed by atoms with van der Waals surface area (Å²) >= 11 is 0. The maximum atomic E-state index is 14.6. The molecule has 1 heterocycles. The van der Waals surface area contributed by atoms with Gasteiger partial charge in [0.25, 0.3) is 0 Å². The Morgan fingerprint density at radius 1 is 0.356 bits per heavy atom. The number of ether oxygens (including phenoxy) is 1. The Morgan fingerprint density at radius 2 is 0.667 bits per heavy atom. The van der Waals surface area contributed by atoms with Gasteiger partial charge in [0, 0.05) is 32.6 Å². The highest BCUT2D eigenvalue weighted by Gasteiger charge is 2.29. The molecule has 0 saturated heterocycles. The van der Waals surface area contributed by atoms with Crippen LogP contribution in [0.25, 0.3) is 34.2 Å². The summed E-state index contributed by atoms with van der Waals surface area (Å²) in [7, 11) is -3.05. The zero-order valence-corrected chi connectivity index (χ0v) is 25.2. The van der Waals surface area contributed by atoms with Gasteiger partial charge in [-0.15, -0.1) is 0 Å². The quantitative estimate of drug-likeness (QED) is 0.164. The SMILES string of the molecule is O=P(c1ccccc1)(c1ccccc1)c1ccc(Oc2ccc(-c3nc(-c4ccccc4)nc(-c4ccccc4)n3)cc2)cc1. The van der Waals surface area contributed by atoms with Gasteiger partial charge in [-0.1, -0.05) is 121 Å². The van der Waals surface area contributed by atoms with Crippen LogP contribution in [-0.4, -0.2) is 15.0 Å². The van der Waals surface area contributed by atoms with E-state index in [0.29, 0.717) is 29.0 Å². The van der Waals surface area contributed by atoms with Gasteiger partial charge in [0.1, 0.15) is 11.5 Å². The Morgan fingerprint density at radius 3 is 1.07 bits per heavy atom. The van der Waals surface area contributed by atoms with Crippen molar-refractivity contribution < 1.29 is 9.30 Å². The second kappa shape index (κ2) is 12.5. The van der Waals surface area contributed by atoms with Crippen molar-refractivity contribution in [2.45, 2.75) is 0 Å². The molecule has 0 fully saturated rings. The third-order valence-electron chi connectivity index (χ3n) is 7.49. The van der Waals surface area contributed by atoms with Crippen LogP contribution in [0.2, 0.25) is 0 Å². The minimum absolute atomic E-state index is 0.580. The number of hydrogen-bond donors (Lipinski definition) is 0. The van der Waals surface area contributed by atoms with Gasteiger partial charge in [-0.05, 0) is 48.5 Å². The third kappa shape index (κ3) is 5.95. The summed E-state index contributed by atoms with van der Waals surface area (Å²) in [6, 6.07) is 54.3. The lowest BCUT2D eigenvalue weighted by Crippen LogP contribution is -2.24. The molecule has 1 aromatic heterocycles. The maximum absolute atomic E-state index is 14.6. The van der Waals surface area contributed by atoms with Gasteiger partial charge < -0.3 is 9.30 Å². The Bertz CT molecular complexity index is 1970. The van der Waals surface area contributed by atoms with Gasteiger partial charge in [-0.2, -0.15) is 0 Å². The lowest BCUT2D eigenvalue weighted by molar-refractivity contribution is 0.483. The first-order chi connectivity index (χ1) is 22.2. The topological polar surface area (TPSA) is 65.0 Å². The molecule has 0 unspecified atom stereocenters. The second-order valence-corrected chi connectivity index (χ2v) is 13.2. The third-order valence-corrected chi connectivity index (χ3v) is 10.6. The molecule has 0 aliphatic carbocycles. The predicted octanol–water partition coefficient (Wildman–Crippen LogP) is 8.30. The normalized spacial score (nSPS) is 11.2. The molecule has 6 aromatic carbocycles. The van der Waals surface area contributed by atoms with Gasteiger partial charge in [-0.3, -0.25) is 0 Å². The summed E-state index contributed by atoms with van der Waals surface area (Å²) in [5.41, 5.74) is 2.69. The molecule has 0 amide bonds. The molecule has 0 radical (unpaired) electrons. The molecule has 7 rings (SSSR count). The molecule has 216 valence electrons. The van der Waals surface area contributed by atoms with Crippen molar-refractivity contribution in [3.05, 3.63) is 170 Å². The van der Waals surface area contributed by atoms with E-state index in [0.717, 1.165) is 32.6 Å². The summed E-state index contributed by atoms with van der Waals surface area (Å²) in [5, 5.41) is 2.34. The van der Waals surface area contributed by atoms with Crippen molar-refractivity contribution in [3.8, 4) is 45.7 Å². The largest absolute Gasteiger partial charge is 0.457 e. The van der Waals surface area contributed by atoms with Gasteiger partial charge in [0.15, 0.2) is 24.6 Å². The average Bonchev–Trinajstić information content (AvgIpc) is 3.13. The van der Waals surface area contributed by atoms with E-state index in [-0.39, 0.29) is 0 Å². The van der Waals surface area contributed by atoms with Crippen LogP contribution in [0.4, 0.5) is 0 Å². The van der Waals surface area contributed by atoms with E-state index in [1.807, 2.05) is 170 Å². The van der Waals surface area contributed by atoms with Gasteiger partial charge in [0.05, 0.1) is 0 Å². The molecule has 6 heteroatoms. The number of benzene rings is 6. The first kappa shape index (κ1) is 28.1. The van der Waals surface area contributed by atoms with E-state index in [2.05, 4.69) is 0 Å². The lowest BCUT2D eigenvalue weighted by Gasteiger charge is -2.20. The minimum Gasteiger partial charge on any atom is -0.457 e. The summed E-state index contributed by atoms with van der Waals surface area (Å²) in [4.78, 5) is 14.4. The van der Waals surface area contributed by atoms with Crippen LogP contribution in [0.5, 0.6) is 11.5 Å². The molecule has 0 N–H and O–H groups in total. The lowest BCUT2D eigenvalue weighted by atomic mass is 10.1. The van der Waals surface area contributed by atoms with Crippen molar-refractivity contribution in [1.29, 1.82) is 0 Å². The van der Waals surface area contributed by atoms with Crippen molar-refractivity contribution in [3.63, 3.8) is 0 Å². The molecule has 0 aliphatic rings. The highest BCUT2D eigenvalue weighted by Crippen LogP contribution is 2.42. The van der Waals surface area contributed by atoms with Crippen LogP contribution in [0.3, 0.4) is 0 Å². The van der Waals surface area contributed by atoms with Crippen molar-refractivity contribution >= 4 is 23.1 Å². The summed E-state index contributed by atoms with van der Waals surface area (Å²) < 4.78 is 20.8. The zero-order valence-electron chi connectivity index (χ0n) is 24.3. The summed E-state index contributed by atoms with van der Waals surface area (Å²) in [6.07, 6.45) is 0. The fraction of sp³-hybridized carbons (Fsp3) is 0. The van der Waals surface area contributed by atoms with Gasteiger partial charge in [-0.25, -0.2) is 15.0 Å². The number of nitrogens with zero attached hydrogens (tertiary/aromatic N) is 3. The van der Waals surface area contributed by atoms with Gasteiger partial charge in [0.2, 0.25) is 0 Å². The zero-order chi connectivity index (χ0) is 30.5. The number of aromatic nitrogens is 3. The summed E-state index contributed by atoms with van der Waals surface area (Å²) in [6.45, 7) is 0. The van der Waals surface area contributed by atoms with E-state index < -0.39 is 7.14 Å². The first-order valence-electron chi connectivity index (χ1n) is 14.6. The van der Waals surface area contributed by atoms with Crippen LogP contribution < -0.4 is 20.7 Å². The summed E-state index contributed by atoms with van der Waals surface area (Å²) in [5.74, 6) is 3.13. The Hall–Kier alpha value is -5.64. The molecule has 0 aliphatic heterocycles. The molecule has 45 heavy (non-hydrogen) atoms. The number of rotatable bonds is 8. The van der Waals surface area contributed by atoms with E-state index in [9.17, 15) is 4.57 Å². The monoisotopic (exact) mass is 601 g/mol. The first-order valence-corrected chi connectivity index (χ1v) is 16.3. The molecular weight excluding hydrogens is 573 g/mol. The van der Waals surface area contributed by atoms with Crippen molar-refractivity contribution in [2.24, 2.45) is 0 Å². The van der Waals surface area contributed by atoms with Gasteiger partial charge >= 0.3 is 0 Å². The average molecular weight is 602 g/mol. The maximum Gasteiger partial charge on any atom is 0.171 e. The van der Waals surface area contributed by atoms with E-state index in [1.54, 1.807) is 0 Å². The minimum atomic E-state index is -3.05. The Labute approximate surface area is 262 Å². The molecule has 7 aromatic rings. The van der Waals surface area contributed by atoms with E-state index >= 15 is 0 Å². The Balaban J connectivity index is 1.16. The van der Waals surface area contributed by atoms with Crippen LogP contribution in [0.1, 0.15) is 0 Å². The smallest absolute Gasteiger partial charge is 0.171 e. The molecule has 0 spiro atoms. The molecule has 5 nitrogen and oxygen atoms in total. The van der Waals surface area contributed by atoms with Crippen LogP contribution >= 0.6 is 7.14 Å². The molecule has 0 bridgehead atoms. The fourth-order valence-corrected chi connectivity index (χ4v) is 7.84. The molecular formula is C39H28N3O2P.